The van der Waals surface area contributed by atoms with Crippen LogP contribution in [-0.4, -0.2) is 29.4 Å². The lowest BCUT2D eigenvalue weighted by molar-refractivity contribution is -0.137. The summed E-state index contributed by atoms with van der Waals surface area (Å²) >= 11 is 0. The van der Waals surface area contributed by atoms with Gasteiger partial charge in [0.1, 0.15) is 0 Å². The predicted octanol–water partition coefficient (Wildman–Crippen LogP) is -1.45. The zero-order valence-electron chi connectivity index (χ0n) is 8.44. The normalized spacial score (nSPS) is 8.60. The van der Waals surface area contributed by atoms with Gasteiger partial charge < -0.3 is 22.3 Å². The van der Waals surface area contributed by atoms with Crippen molar-refractivity contribution in [3.8, 4) is 0 Å². The molecule has 0 aliphatic heterocycles. The molecule has 88 valence electrons. The van der Waals surface area contributed by atoms with Gasteiger partial charge in [0.15, 0.2) is 0 Å². The van der Waals surface area contributed by atoms with Crippen molar-refractivity contribution in [1.82, 2.24) is 0 Å². The molecule has 0 rings (SSSR count). The first-order valence-corrected chi connectivity index (χ1v) is 4.38. The quantitative estimate of drug-likeness (QED) is 0.431. The summed E-state index contributed by atoms with van der Waals surface area (Å²) < 4.78 is 0. The van der Waals surface area contributed by atoms with Crippen molar-refractivity contribution in [1.29, 1.82) is 0 Å². The largest absolute Gasteiger partial charge is 0.481 e. The van der Waals surface area contributed by atoms with Crippen LogP contribution < -0.4 is 17.2 Å². The van der Waals surface area contributed by atoms with E-state index < -0.39 is 17.8 Å². The van der Waals surface area contributed by atoms with Gasteiger partial charge in [0.25, 0.3) is 0 Å². The number of carbonyl (C=O) groups is 3. The third-order valence-corrected chi connectivity index (χ3v) is 1.21. The van der Waals surface area contributed by atoms with E-state index in [1.807, 2.05) is 0 Å². The minimum Gasteiger partial charge on any atom is -0.481 e. The Balaban J connectivity index is 0. The number of hydrogen-bond donors (Lipinski definition) is 4. The molecular weight excluding hydrogens is 202 g/mol. The van der Waals surface area contributed by atoms with Gasteiger partial charge in [-0.2, -0.15) is 0 Å². The second-order valence-corrected chi connectivity index (χ2v) is 2.72. The van der Waals surface area contributed by atoms with Crippen molar-refractivity contribution in [3.63, 3.8) is 0 Å². The summed E-state index contributed by atoms with van der Waals surface area (Å²) in [5.74, 6) is -1.77. The SMILES string of the molecule is NC(=O)CCC(N)=O.NCCCC(=O)O. The second kappa shape index (κ2) is 10.5. The van der Waals surface area contributed by atoms with E-state index in [0.29, 0.717) is 13.0 Å². The second-order valence-electron chi connectivity index (χ2n) is 2.72. The van der Waals surface area contributed by atoms with Crippen LogP contribution in [0.25, 0.3) is 0 Å². The molecule has 2 amide bonds. The fraction of sp³-hybridized carbons (Fsp3) is 0.625. The summed E-state index contributed by atoms with van der Waals surface area (Å²) in [5, 5.41) is 7.99. The molecule has 7 heteroatoms. The van der Waals surface area contributed by atoms with E-state index in [2.05, 4.69) is 0 Å². The van der Waals surface area contributed by atoms with Crippen LogP contribution in [0.15, 0.2) is 0 Å². The molecule has 0 bridgehead atoms. The van der Waals surface area contributed by atoms with E-state index in [-0.39, 0.29) is 19.3 Å². The molecule has 0 aliphatic rings. The zero-order chi connectivity index (χ0) is 12.3. The van der Waals surface area contributed by atoms with Gasteiger partial charge in [0, 0.05) is 19.3 Å². The van der Waals surface area contributed by atoms with Crippen molar-refractivity contribution in [2.75, 3.05) is 6.54 Å². The average Bonchev–Trinajstić information content (AvgIpc) is 2.12. The lowest BCUT2D eigenvalue weighted by Crippen LogP contribution is -2.16. The van der Waals surface area contributed by atoms with Gasteiger partial charge in [-0.1, -0.05) is 0 Å². The highest BCUT2D eigenvalue weighted by molar-refractivity contribution is 5.81. The molecule has 0 saturated heterocycles. The summed E-state index contributed by atoms with van der Waals surface area (Å²) in [7, 11) is 0. The lowest BCUT2D eigenvalue weighted by Gasteiger charge is -1.87. The van der Waals surface area contributed by atoms with Crippen LogP contribution in [0.5, 0.6) is 0 Å². The van der Waals surface area contributed by atoms with Crippen LogP contribution in [0.2, 0.25) is 0 Å². The van der Waals surface area contributed by atoms with Crippen molar-refractivity contribution >= 4 is 17.8 Å². The fourth-order valence-electron chi connectivity index (χ4n) is 0.500. The monoisotopic (exact) mass is 219 g/mol. The Morgan fingerprint density at radius 1 is 0.933 bits per heavy atom. The topological polar surface area (TPSA) is 150 Å². The van der Waals surface area contributed by atoms with E-state index in [0.717, 1.165) is 0 Å². The third kappa shape index (κ3) is 24.5. The number of aliphatic carboxylic acids is 1. The van der Waals surface area contributed by atoms with Crippen LogP contribution in [0.4, 0.5) is 0 Å². The van der Waals surface area contributed by atoms with Crippen molar-refractivity contribution in [2.45, 2.75) is 25.7 Å². The smallest absolute Gasteiger partial charge is 0.303 e. The van der Waals surface area contributed by atoms with Crippen LogP contribution in [0.1, 0.15) is 25.7 Å². The number of primary amides is 2. The summed E-state index contributed by atoms with van der Waals surface area (Å²) in [6.45, 7) is 0.465. The number of nitrogens with two attached hydrogens (primary N) is 3. The first kappa shape index (κ1) is 15.8. The summed E-state index contributed by atoms with van der Waals surface area (Å²) in [4.78, 5) is 29.5. The first-order chi connectivity index (χ1) is 6.90. The summed E-state index contributed by atoms with van der Waals surface area (Å²) in [6.07, 6.45) is 0.872. The van der Waals surface area contributed by atoms with E-state index in [4.69, 9.17) is 22.3 Å². The number of carboxylic acids is 1. The minimum absolute atomic E-state index is 0.0509. The van der Waals surface area contributed by atoms with Gasteiger partial charge in [-0.05, 0) is 13.0 Å². The molecule has 15 heavy (non-hydrogen) atoms. The van der Waals surface area contributed by atoms with Crippen LogP contribution >= 0.6 is 0 Å². The Hall–Kier alpha value is -1.63. The molecule has 0 aromatic rings. The lowest BCUT2D eigenvalue weighted by atomic mass is 10.3. The fourth-order valence-corrected chi connectivity index (χ4v) is 0.500. The minimum atomic E-state index is -0.773. The van der Waals surface area contributed by atoms with Crippen LogP contribution in [0.3, 0.4) is 0 Å². The molecule has 0 fully saturated rings. The van der Waals surface area contributed by atoms with Crippen molar-refractivity contribution in [2.24, 2.45) is 17.2 Å². The maximum atomic E-state index is 9.92. The Morgan fingerprint density at radius 2 is 1.33 bits per heavy atom. The Bertz CT molecular complexity index is 204. The number of rotatable bonds is 6. The number of amides is 2. The molecule has 7 nitrogen and oxygen atoms in total. The van der Waals surface area contributed by atoms with Crippen LogP contribution in [0, 0.1) is 0 Å². The highest BCUT2D eigenvalue weighted by Crippen LogP contribution is 1.82. The Morgan fingerprint density at radius 3 is 1.47 bits per heavy atom. The summed E-state index contributed by atoms with van der Waals surface area (Å²) in [5.41, 5.74) is 14.4. The highest BCUT2D eigenvalue weighted by Gasteiger charge is 1.96. The Labute approximate surface area is 87.6 Å². The molecule has 0 saturated carbocycles. The van der Waals surface area contributed by atoms with Crippen LogP contribution in [-0.2, 0) is 14.4 Å². The highest BCUT2D eigenvalue weighted by atomic mass is 16.4. The predicted molar refractivity (Wildman–Crippen MR) is 53.5 cm³/mol. The molecule has 0 aliphatic carbocycles. The summed E-state index contributed by atoms with van der Waals surface area (Å²) in [6, 6.07) is 0. The molecule has 0 heterocycles. The molecule has 0 aromatic carbocycles. The number of hydrogen-bond acceptors (Lipinski definition) is 4. The standard InChI is InChI=1S/C4H8N2O2.C4H9NO2/c5-3(7)1-2-4(6)8;5-3-1-2-4(6)7/h1-2H2,(H2,5,7)(H2,6,8);1-3,5H2,(H,6,7). The Kier molecular flexibility index (Phi) is 11.0. The molecular formula is C8H17N3O4. The van der Waals surface area contributed by atoms with E-state index in [1.165, 1.54) is 0 Å². The molecule has 0 atom stereocenters. The first-order valence-electron chi connectivity index (χ1n) is 4.38. The average molecular weight is 219 g/mol. The molecule has 0 radical (unpaired) electrons. The number of carboxylic acid groups (broad SMARTS) is 1. The van der Waals surface area contributed by atoms with Crippen molar-refractivity contribution in [3.05, 3.63) is 0 Å². The van der Waals surface area contributed by atoms with E-state index in [1.54, 1.807) is 0 Å². The maximum absolute atomic E-state index is 9.92. The van der Waals surface area contributed by atoms with Gasteiger partial charge in [-0.25, -0.2) is 0 Å². The van der Waals surface area contributed by atoms with Gasteiger partial charge in [-0.15, -0.1) is 0 Å². The molecule has 0 aromatic heterocycles. The van der Waals surface area contributed by atoms with E-state index >= 15 is 0 Å². The molecule has 7 N–H and O–H groups in total. The number of carbonyl (C=O) groups excluding carboxylic acids is 2. The van der Waals surface area contributed by atoms with Gasteiger partial charge in [0.05, 0.1) is 0 Å². The third-order valence-electron chi connectivity index (χ3n) is 1.21. The van der Waals surface area contributed by atoms with Gasteiger partial charge >= 0.3 is 5.97 Å². The maximum Gasteiger partial charge on any atom is 0.303 e. The van der Waals surface area contributed by atoms with Gasteiger partial charge in [0.2, 0.25) is 11.8 Å². The molecule has 0 unspecified atom stereocenters. The molecule has 0 spiro atoms. The van der Waals surface area contributed by atoms with Gasteiger partial charge in [-0.3, -0.25) is 14.4 Å². The zero-order valence-corrected chi connectivity index (χ0v) is 8.44. The van der Waals surface area contributed by atoms with E-state index in [9.17, 15) is 14.4 Å². The van der Waals surface area contributed by atoms with Crippen molar-refractivity contribution < 1.29 is 19.5 Å².